The summed E-state index contributed by atoms with van der Waals surface area (Å²) in [4.78, 5) is 14.5. The molecule has 0 aliphatic rings. The molecule has 0 unspecified atom stereocenters. The number of rotatable bonds is 8. The first-order valence-electron chi connectivity index (χ1n) is 8.38. The van der Waals surface area contributed by atoms with Gasteiger partial charge in [-0.1, -0.05) is 65.8 Å². The average molecular weight is 399 g/mol. The minimum atomic E-state index is 0.0180. The van der Waals surface area contributed by atoms with Crippen LogP contribution in [0.3, 0.4) is 0 Å². The van der Waals surface area contributed by atoms with Crippen LogP contribution < -0.4 is 0 Å². The molecule has 0 N–H and O–H groups in total. The second kappa shape index (κ2) is 9.39. The fraction of sp³-hybridized carbons (Fsp3) is 0.150. The first-order valence-corrected chi connectivity index (χ1v) is 9.75. The Morgan fingerprint density at radius 2 is 2.04 bits per heavy atom. The summed E-state index contributed by atoms with van der Waals surface area (Å²) < 4.78 is 1.82. The zero-order valence-electron chi connectivity index (χ0n) is 14.7. The van der Waals surface area contributed by atoms with Gasteiger partial charge in [0.05, 0.1) is 11.4 Å². The van der Waals surface area contributed by atoms with Gasteiger partial charge in [0.25, 0.3) is 0 Å². The Kier molecular flexibility index (Phi) is 6.68. The Balaban J connectivity index is 1.67. The van der Waals surface area contributed by atoms with E-state index in [1.807, 2.05) is 59.2 Å². The van der Waals surface area contributed by atoms with E-state index in [0.717, 1.165) is 11.3 Å². The summed E-state index contributed by atoms with van der Waals surface area (Å²) in [6, 6.07) is 17.3. The van der Waals surface area contributed by atoms with Gasteiger partial charge < -0.3 is 4.90 Å². The standard InChI is InChI=1S/C20H19ClN4OS/c1-2-11-24(13-16-7-4-3-5-8-16)19(26)14-27-20-23-22-15-25(20)18-10-6-9-17(21)12-18/h2-10,12,15H,1,11,13-14H2. The predicted molar refractivity (Wildman–Crippen MR) is 109 cm³/mol. The lowest BCUT2D eigenvalue weighted by molar-refractivity contribution is -0.128. The van der Waals surface area contributed by atoms with Crippen LogP contribution in [0.5, 0.6) is 0 Å². The van der Waals surface area contributed by atoms with Gasteiger partial charge in [-0.05, 0) is 23.8 Å². The van der Waals surface area contributed by atoms with Crippen LogP contribution in [0.2, 0.25) is 5.02 Å². The van der Waals surface area contributed by atoms with Gasteiger partial charge in [-0.25, -0.2) is 0 Å². The maximum atomic E-state index is 12.7. The maximum absolute atomic E-state index is 12.7. The van der Waals surface area contributed by atoms with E-state index in [1.165, 1.54) is 11.8 Å². The molecule has 5 nitrogen and oxygen atoms in total. The predicted octanol–water partition coefficient (Wildman–Crippen LogP) is 4.23. The van der Waals surface area contributed by atoms with Gasteiger partial charge in [0.1, 0.15) is 6.33 Å². The number of hydrogen-bond donors (Lipinski definition) is 0. The molecule has 1 amide bonds. The number of carbonyl (C=O) groups excluding carboxylic acids is 1. The lowest BCUT2D eigenvalue weighted by Crippen LogP contribution is -2.32. The summed E-state index contributed by atoms with van der Waals surface area (Å²) in [5.74, 6) is 0.282. The molecule has 0 saturated carbocycles. The van der Waals surface area contributed by atoms with Crippen molar-refractivity contribution in [2.24, 2.45) is 0 Å². The number of carbonyl (C=O) groups is 1. The van der Waals surface area contributed by atoms with Crippen molar-refractivity contribution < 1.29 is 4.79 Å². The van der Waals surface area contributed by atoms with E-state index in [9.17, 15) is 4.79 Å². The number of thioether (sulfide) groups is 1. The number of amides is 1. The van der Waals surface area contributed by atoms with Gasteiger partial charge in [-0.2, -0.15) is 0 Å². The highest BCUT2D eigenvalue weighted by Crippen LogP contribution is 2.22. The van der Waals surface area contributed by atoms with Gasteiger partial charge in [0, 0.05) is 18.1 Å². The van der Waals surface area contributed by atoms with Crippen molar-refractivity contribution in [2.45, 2.75) is 11.7 Å². The lowest BCUT2D eigenvalue weighted by Gasteiger charge is -2.21. The van der Waals surface area contributed by atoms with Crippen LogP contribution in [-0.2, 0) is 11.3 Å². The maximum Gasteiger partial charge on any atom is 0.233 e. The van der Waals surface area contributed by atoms with E-state index < -0.39 is 0 Å². The van der Waals surface area contributed by atoms with E-state index in [-0.39, 0.29) is 11.7 Å². The molecular formula is C20H19ClN4OS. The van der Waals surface area contributed by atoms with Crippen molar-refractivity contribution in [1.29, 1.82) is 0 Å². The fourth-order valence-electron chi connectivity index (χ4n) is 2.56. The van der Waals surface area contributed by atoms with Crippen LogP contribution in [0, 0.1) is 0 Å². The normalized spacial score (nSPS) is 10.6. The summed E-state index contributed by atoms with van der Waals surface area (Å²) >= 11 is 7.41. The molecule has 3 rings (SSSR count). The van der Waals surface area contributed by atoms with E-state index in [1.54, 1.807) is 17.3 Å². The van der Waals surface area contributed by atoms with Crippen LogP contribution in [-0.4, -0.2) is 37.9 Å². The molecule has 0 aliphatic carbocycles. The SMILES string of the molecule is C=CCN(Cc1ccccc1)C(=O)CSc1nncn1-c1cccc(Cl)c1. The topological polar surface area (TPSA) is 51.0 Å². The zero-order valence-corrected chi connectivity index (χ0v) is 16.2. The van der Waals surface area contributed by atoms with Crippen LogP contribution in [0.25, 0.3) is 5.69 Å². The molecule has 7 heteroatoms. The monoisotopic (exact) mass is 398 g/mol. The van der Waals surface area contributed by atoms with Gasteiger partial charge in [-0.15, -0.1) is 16.8 Å². The molecule has 0 aliphatic heterocycles. The minimum Gasteiger partial charge on any atom is -0.334 e. The highest BCUT2D eigenvalue weighted by atomic mass is 35.5. The molecule has 0 spiro atoms. The molecule has 27 heavy (non-hydrogen) atoms. The van der Waals surface area contributed by atoms with Crippen molar-refractivity contribution in [3.63, 3.8) is 0 Å². The Morgan fingerprint density at radius 1 is 1.22 bits per heavy atom. The molecule has 1 heterocycles. The summed E-state index contributed by atoms with van der Waals surface area (Å²) in [5.41, 5.74) is 1.94. The van der Waals surface area contributed by atoms with E-state index in [2.05, 4.69) is 16.8 Å². The fourth-order valence-corrected chi connectivity index (χ4v) is 3.57. The third kappa shape index (κ3) is 5.21. The molecule has 1 aromatic heterocycles. The van der Waals surface area contributed by atoms with Gasteiger partial charge in [-0.3, -0.25) is 9.36 Å². The number of hydrogen-bond acceptors (Lipinski definition) is 4. The lowest BCUT2D eigenvalue weighted by atomic mass is 10.2. The number of halogens is 1. The van der Waals surface area contributed by atoms with Gasteiger partial charge in [0.15, 0.2) is 5.16 Å². The number of aromatic nitrogens is 3. The summed E-state index contributed by atoms with van der Waals surface area (Å²) in [7, 11) is 0. The summed E-state index contributed by atoms with van der Waals surface area (Å²) in [6.45, 7) is 4.80. The Bertz CT molecular complexity index is 913. The van der Waals surface area contributed by atoms with E-state index in [0.29, 0.717) is 23.3 Å². The molecule has 138 valence electrons. The van der Waals surface area contributed by atoms with Crippen LogP contribution in [0.1, 0.15) is 5.56 Å². The minimum absolute atomic E-state index is 0.0180. The van der Waals surface area contributed by atoms with Gasteiger partial charge in [0.2, 0.25) is 5.91 Å². The molecule has 0 saturated heterocycles. The third-order valence-corrected chi connectivity index (χ3v) is 5.01. The Morgan fingerprint density at radius 3 is 2.78 bits per heavy atom. The van der Waals surface area contributed by atoms with Crippen molar-refractivity contribution in [3.8, 4) is 5.69 Å². The molecule has 3 aromatic rings. The first kappa shape index (κ1) is 19.2. The number of benzene rings is 2. The molecule has 0 radical (unpaired) electrons. The largest absolute Gasteiger partial charge is 0.334 e. The van der Waals surface area contributed by atoms with Crippen molar-refractivity contribution in [1.82, 2.24) is 19.7 Å². The van der Waals surface area contributed by atoms with Crippen molar-refractivity contribution >= 4 is 29.3 Å². The highest BCUT2D eigenvalue weighted by Gasteiger charge is 2.16. The number of nitrogens with zero attached hydrogens (tertiary/aromatic N) is 4. The Hall–Kier alpha value is -2.57. The zero-order chi connectivity index (χ0) is 19.1. The van der Waals surface area contributed by atoms with Crippen LogP contribution in [0.4, 0.5) is 0 Å². The average Bonchev–Trinajstić information content (AvgIpc) is 3.15. The van der Waals surface area contributed by atoms with Crippen LogP contribution >= 0.6 is 23.4 Å². The second-order valence-corrected chi connectivity index (χ2v) is 7.18. The molecule has 0 atom stereocenters. The molecular weight excluding hydrogens is 380 g/mol. The Labute approximate surface area is 167 Å². The molecule has 0 bridgehead atoms. The second-order valence-electron chi connectivity index (χ2n) is 5.80. The molecule has 2 aromatic carbocycles. The quantitative estimate of drug-likeness (QED) is 0.421. The van der Waals surface area contributed by atoms with Crippen molar-refractivity contribution in [2.75, 3.05) is 12.3 Å². The van der Waals surface area contributed by atoms with Crippen LogP contribution in [0.15, 0.2) is 78.7 Å². The summed E-state index contributed by atoms with van der Waals surface area (Å²) in [5, 5.41) is 9.36. The smallest absolute Gasteiger partial charge is 0.233 e. The summed E-state index contributed by atoms with van der Waals surface area (Å²) in [6.07, 6.45) is 3.35. The van der Waals surface area contributed by atoms with E-state index >= 15 is 0 Å². The third-order valence-electron chi connectivity index (χ3n) is 3.85. The highest BCUT2D eigenvalue weighted by molar-refractivity contribution is 7.99. The molecule has 0 fully saturated rings. The van der Waals surface area contributed by atoms with Crippen molar-refractivity contribution in [3.05, 3.63) is 84.2 Å². The van der Waals surface area contributed by atoms with E-state index in [4.69, 9.17) is 11.6 Å². The van der Waals surface area contributed by atoms with Gasteiger partial charge >= 0.3 is 0 Å². The first-order chi connectivity index (χ1) is 13.2.